The third-order valence-corrected chi connectivity index (χ3v) is 7.22. The molecule has 0 unspecified atom stereocenters. The molecule has 3 fully saturated rings. The normalized spacial score (nSPS) is 29.8. The van der Waals surface area contributed by atoms with Gasteiger partial charge in [0.05, 0.1) is 24.1 Å². The maximum Gasteiger partial charge on any atom is 0.238 e. The van der Waals surface area contributed by atoms with E-state index in [0.29, 0.717) is 25.9 Å². The standard InChI is InChI=1S/C15H24N4O5S/c1-17(2)12(20)7-18-5-6-19(11-9-25(23,24)8-10(11)18)14(22)15(3-4-15)13(16)21/h10-11H,3-9H2,1-2H3,(H2,16,21)/t10-,11+/m0/s1. The quantitative estimate of drug-likeness (QED) is 0.552. The molecular formula is C15H24N4O5S. The van der Waals surface area contributed by atoms with Gasteiger partial charge in [0.1, 0.15) is 5.41 Å². The Kier molecular flexibility index (Phi) is 4.31. The number of fused-ring (bicyclic) bond motifs is 1. The van der Waals surface area contributed by atoms with Gasteiger partial charge in [0.2, 0.25) is 17.7 Å². The molecule has 3 amide bonds. The van der Waals surface area contributed by atoms with Crippen LogP contribution in [-0.4, -0.2) is 98.2 Å². The van der Waals surface area contributed by atoms with Crippen molar-refractivity contribution in [2.45, 2.75) is 24.9 Å². The summed E-state index contributed by atoms with van der Waals surface area (Å²) in [5.74, 6) is -1.32. The van der Waals surface area contributed by atoms with Crippen LogP contribution in [0.4, 0.5) is 0 Å². The number of primary amides is 1. The Hall–Kier alpha value is -1.68. The van der Waals surface area contributed by atoms with Gasteiger partial charge in [-0.15, -0.1) is 0 Å². The molecule has 2 heterocycles. The molecule has 1 aliphatic carbocycles. The van der Waals surface area contributed by atoms with Gasteiger partial charge in [-0.2, -0.15) is 0 Å². The molecule has 0 bridgehead atoms. The fourth-order valence-corrected chi connectivity index (χ4v) is 5.77. The third kappa shape index (κ3) is 3.12. The van der Waals surface area contributed by atoms with E-state index in [4.69, 9.17) is 5.73 Å². The van der Waals surface area contributed by atoms with E-state index >= 15 is 0 Å². The summed E-state index contributed by atoms with van der Waals surface area (Å²) in [6.45, 7) is 0.814. The van der Waals surface area contributed by atoms with Crippen LogP contribution in [-0.2, 0) is 24.2 Å². The lowest BCUT2D eigenvalue weighted by atomic mass is 9.98. The largest absolute Gasteiger partial charge is 0.369 e. The molecule has 2 N–H and O–H groups in total. The van der Waals surface area contributed by atoms with Crippen LogP contribution in [0.15, 0.2) is 0 Å². The lowest BCUT2D eigenvalue weighted by Gasteiger charge is -2.44. The number of hydrogen-bond acceptors (Lipinski definition) is 6. The fraction of sp³-hybridized carbons (Fsp3) is 0.800. The van der Waals surface area contributed by atoms with Crippen molar-refractivity contribution in [1.29, 1.82) is 0 Å². The van der Waals surface area contributed by atoms with E-state index in [1.54, 1.807) is 14.1 Å². The van der Waals surface area contributed by atoms with Crippen molar-refractivity contribution in [2.75, 3.05) is 45.2 Å². The third-order valence-electron chi connectivity index (χ3n) is 5.52. The van der Waals surface area contributed by atoms with Crippen molar-refractivity contribution >= 4 is 27.6 Å². The Morgan fingerprint density at radius 1 is 1.12 bits per heavy atom. The molecular weight excluding hydrogens is 348 g/mol. The molecule has 2 aliphatic heterocycles. The Balaban J connectivity index is 1.83. The first-order valence-electron chi connectivity index (χ1n) is 8.33. The van der Waals surface area contributed by atoms with E-state index in [1.165, 1.54) is 9.80 Å². The van der Waals surface area contributed by atoms with Crippen molar-refractivity contribution in [3.05, 3.63) is 0 Å². The summed E-state index contributed by atoms with van der Waals surface area (Å²) in [6.07, 6.45) is 0.843. The summed E-state index contributed by atoms with van der Waals surface area (Å²) in [6, 6.07) is -0.951. The average Bonchev–Trinajstić information content (AvgIpc) is 3.25. The maximum absolute atomic E-state index is 12.9. The number of nitrogens with zero attached hydrogens (tertiary/aromatic N) is 3. The summed E-state index contributed by atoms with van der Waals surface area (Å²) >= 11 is 0. The van der Waals surface area contributed by atoms with Crippen molar-refractivity contribution in [3.8, 4) is 0 Å². The number of rotatable bonds is 4. The molecule has 9 nitrogen and oxygen atoms in total. The minimum atomic E-state index is -3.31. The van der Waals surface area contributed by atoms with Crippen LogP contribution in [0.3, 0.4) is 0 Å². The van der Waals surface area contributed by atoms with Gasteiger partial charge in [0.15, 0.2) is 9.84 Å². The van der Waals surface area contributed by atoms with E-state index < -0.39 is 33.2 Å². The van der Waals surface area contributed by atoms with E-state index in [0.717, 1.165) is 0 Å². The van der Waals surface area contributed by atoms with Crippen molar-refractivity contribution in [2.24, 2.45) is 11.1 Å². The molecule has 3 aliphatic rings. The monoisotopic (exact) mass is 372 g/mol. The van der Waals surface area contributed by atoms with E-state index in [1.807, 2.05) is 4.90 Å². The topological polar surface area (TPSA) is 121 Å². The van der Waals surface area contributed by atoms with Gasteiger partial charge in [0.25, 0.3) is 0 Å². The molecule has 1 saturated carbocycles. The Morgan fingerprint density at radius 2 is 1.72 bits per heavy atom. The van der Waals surface area contributed by atoms with Gasteiger partial charge in [0, 0.05) is 33.2 Å². The van der Waals surface area contributed by atoms with Crippen molar-refractivity contribution < 1.29 is 22.8 Å². The molecule has 25 heavy (non-hydrogen) atoms. The highest BCUT2D eigenvalue weighted by Gasteiger charge is 2.60. The maximum atomic E-state index is 12.9. The van der Waals surface area contributed by atoms with E-state index in [2.05, 4.69) is 0 Å². The molecule has 0 aromatic carbocycles. The van der Waals surface area contributed by atoms with E-state index in [-0.39, 0.29) is 29.9 Å². The molecule has 2 saturated heterocycles. The first kappa shape index (κ1) is 18.1. The van der Waals surface area contributed by atoms with Gasteiger partial charge < -0.3 is 15.5 Å². The number of likely N-dealkylation sites (N-methyl/N-ethyl adjacent to an activating group) is 1. The Morgan fingerprint density at radius 3 is 2.24 bits per heavy atom. The smallest absolute Gasteiger partial charge is 0.238 e. The summed E-state index contributed by atoms with van der Waals surface area (Å²) < 4.78 is 24.4. The van der Waals surface area contributed by atoms with Crippen LogP contribution in [0, 0.1) is 5.41 Å². The van der Waals surface area contributed by atoms with Gasteiger partial charge in [-0.3, -0.25) is 19.3 Å². The molecule has 2 atom stereocenters. The van der Waals surface area contributed by atoms with Gasteiger partial charge >= 0.3 is 0 Å². The van der Waals surface area contributed by atoms with Crippen LogP contribution >= 0.6 is 0 Å². The van der Waals surface area contributed by atoms with Crippen LogP contribution in [0.5, 0.6) is 0 Å². The SMILES string of the molecule is CN(C)C(=O)CN1CCN(C(=O)C2(C(N)=O)CC2)[C@@H]2CS(=O)(=O)C[C@@H]21. The number of hydrogen-bond donors (Lipinski definition) is 1. The number of carbonyl (C=O) groups excluding carboxylic acids is 3. The van der Waals surface area contributed by atoms with Gasteiger partial charge in [-0.05, 0) is 12.8 Å². The summed E-state index contributed by atoms with van der Waals surface area (Å²) in [7, 11) is -0.0112. The van der Waals surface area contributed by atoms with Crippen LogP contribution in [0.2, 0.25) is 0 Å². The molecule has 3 rings (SSSR count). The minimum absolute atomic E-state index is 0.0777. The highest BCUT2D eigenvalue weighted by Crippen LogP contribution is 2.48. The Bertz CT molecular complexity index is 715. The highest BCUT2D eigenvalue weighted by molar-refractivity contribution is 7.91. The van der Waals surface area contributed by atoms with Gasteiger partial charge in [-0.25, -0.2) is 8.42 Å². The fourth-order valence-electron chi connectivity index (χ4n) is 3.75. The van der Waals surface area contributed by atoms with Crippen LogP contribution in [0.1, 0.15) is 12.8 Å². The van der Waals surface area contributed by atoms with Crippen LogP contribution < -0.4 is 5.73 Å². The number of sulfone groups is 1. The molecule has 0 aromatic heterocycles. The summed E-state index contributed by atoms with van der Waals surface area (Å²) in [5, 5.41) is 0. The lowest BCUT2D eigenvalue weighted by molar-refractivity contribution is -0.148. The van der Waals surface area contributed by atoms with Gasteiger partial charge in [-0.1, -0.05) is 0 Å². The first-order valence-corrected chi connectivity index (χ1v) is 10.2. The van der Waals surface area contributed by atoms with Crippen molar-refractivity contribution in [1.82, 2.24) is 14.7 Å². The predicted molar refractivity (Wildman–Crippen MR) is 89.1 cm³/mol. The zero-order chi connectivity index (χ0) is 18.6. The van der Waals surface area contributed by atoms with Crippen molar-refractivity contribution in [3.63, 3.8) is 0 Å². The number of carbonyl (C=O) groups is 3. The molecule has 0 spiro atoms. The highest BCUT2D eigenvalue weighted by atomic mass is 32.2. The molecule has 140 valence electrons. The summed E-state index contributed by atoms with van der Waals surface area (Å²) in [4.78, 5) is 41.4. The number of nitrogens with two attached hydrogens (primary N) is 1. The second-order valence-electron chi connectivity index (χ2n) is 7.42. The molecule has 10 heteroatoms. The zero-order valence-electron chi connectivity index (χ0n) is 14.5. The lowest BCUT2D eigenvalue weighted by Crippen LogP contribution is -2.63. The first-order chi connectivity index (χ1) is 11.6. The second kappa shape index (κ2) is 5.94. The van der Waals surface area contributed by atoms with E-state index in [9.17, 15) is 22.8 Å². The van der Waals surface area contributed by atoms with Crippen LogP contribution in [0.25, 0.3) is 0 Å². The number of amides is 3. The molecule has 0 radical (unpaired) electrons. The predicted octanol–water partition coefficient (Wildman–Crippen LogP) is -2.35. The zero-order valence-corrected chi connectivity index (χ0v) is 15.3. The Labute approximate surface area is 147 Å². The molecule has 0 aromatic rings. The second-order valence-corrected chi connectivity index (χ2v) is 9.57. The summed E-state index contributed by atoms with van der Waals surface area (Å²) in [5.41, 5.74) is 4.24. The number of piperazine rings is 1. The minimum Gasteiger partial charge on any atom is -0.369 e. The average molecular weight is 372 g/mol.